The molecule has 3 N–H and O–H groups in total. The molecular formula is C23H22N4O4. The number of benzene rings is 2. The van der Waals surface area contributed by atoms with Gasteiger partial charge in [-0.3, -0.25) is 14.4 Å². The van der Waals surface area contributed by atoms with Crippen molar-refractivity contribution in [2.75, 3.05) is 18.9 Å². The van der Waals surface area contributed by atoms with Gasteiger partial charge in [-0.1, -0.05) is 0 Å². The second kappa shape index (κ2) is 9.53. The van der Waals surface area contributed by atoms with Crippen molar-refractivity contribution in [1.29, 1.82) is 0 Å². The Labute approximate surface area is 179 Å². The topological polar surface area (TPSA) is 115 Å². The van der Waals surface area contributed by atoms with Crippen molar-refractivity contribution < 1.29 is 19.1 Å². The number of carbonyl (C=O) groups excluding carboxylic acids is 3. The maximum atomic E-state index is 12.6. The molecule has 3 amide bonds. The zero-order valence-corrected chi connectivity index (χ0v) is 17.2. The lowest BCUT2D eigenvalue weighted by Gasteiger charge is -2.17. The number of hydrogen-bond acceptors (Lipinski definition) is 5. The maximum Gasteiger partial charge on any atom is 0.254 e. The molecule has 2 aromatic carbocycles. The number of aromatic nitrogens is 1. The summed E-state index contributed by atoms with van der Waals surface area (Å²) in [4.78, 5) is 41.3. The molecule has 8 heteroatoms. The van der Waals surface area contributed by atoms with Crippen LogP contribution in [0.2, 0.25) is 0 Å². The number of anilines is 1. The predicted molar refractivity (Wildman–Crippen MR) is 116 cm³/mol. The van der Waals surface area contributed by atoms with E-state index in [1.54, 1.807) is 67.8 Å². The lowest BCUT2D eigenvalue weighted by molar-refractivity contribution is -0.116. The molecule has 31 heavy (non-hydrogen) atoms. The fourth-order valence-electron chi connectivity index (χ4n) is 2.78. The first-order valence-electron chi connectivity index (χ1n) is 9.47. The number of nitrogens with two attached hydrogens (primary N) is 1. The number of carbonyl (C=O) groups is 3. The summed E-state index contributed by atoms with van der Waals surface area (Å²) in [5, 5.41) is 2.67. The minimum atomic E-state index is -0.512. The molecule has 3 aromatic rings. The minimum absolute atomic E-state index is 0.112. The molecule has 0 aliphatic carbocycles. The second-order valence-corrected chi connectivity index (χ2v) is 6.94. The highest BCUT2D eigenvalue weighted by Crippen LogP contribution is 2.22. The number of pyridine rings is 1. The number of rotatable bonds is 7. The van der Waals surface area contributed by atoms with Crippen molar-refractivity contribution in [2.24, 2.45) is 5.73 Å². The van der Waals surface area contributed by atoms with Crippen LogP contribution in [0.3, 0.4) is 0 Å². The van der Waals surface area contributed by atoms with Gasteiger partial charge in [-0.15, -0.1) is 0 Å². The summed E-state index contributed by atoms with van der Waals surface area (Å²) in [6.45, 7) is 1.79. The third kappa shape index (κ3) is 5.89. The fourth-order valence-corrected chi connectivity index (χ4v) is 2.78. The monoisotopic (exact) mass is 418 g/mol. The smallest absolute Gasteiger partial charge is 0.254 e. The number of hydrogen-bond donors (Lipinski definition) is 2. The molecular weight excluding hydrogens is 396 g/mol. The molecule has 0 saturated heterocycles. The van der Waals surface area contributed by atoms with Gasteiger partial charge in [0.2, 0.25) is 11.8 Å². The van der Waals surface area contributed by atoms with E-state index >= 15 is 0 Å². The van der Waals surface area contributed by atoms with E-state index in [2.05, 4.69) is 10.3 Å². The Kier molecular flexibility index (Phi) is 6.61. The SMILES string of the molecule is Cc1ccnc(NC(=O)CN(C)C(=O)c2ccc(Oc3ccc(C(N)=O)cc3)cc2)c1. The highest BCUT2D eigenvalue weighted by Gasteiger charge is 2.15. The molecule has 0 bridgehead atoms. The van der Waals surface area contributed by atoms with Gasteiger partial charge in [0, 0.05) is 24.4 Å². The van der Waals surface area contributed by atoms with Gasteiger partial charge in [-0.05, 0) is 73.2 Å². The zero-order chi connectivity index (χ0) is 22.4. The summed E-state index contributed by atoms with van der Waals surface area (Å²) in [6.07, 6.45) is 1.61. The molecule has 0 saturated carbocycles. The van der Waals surface area contributed by atoms with Crippen LogP contribution >= 0.6 is 0 Å². The van der Waals surface area contributed by atoms with Gasteiger partial charge in [-0.25, -0.2) is 4.98 Å². The molecule has 0 aliphatic rings. The van der Waals surface area contributed by atoms with E-state index in [9.17, 15) is 14.4 Å². The molecule has 0 radical (unpaired) electrons. The average molecular weight is 418 g/mol. The molecule has 0 aliphatic heterocycles. The largest absolute Gasteiger partial charge is 0.457 e. The molecule has 8 nitrogen and oxygen atoms in total. The molecule has 3 rings (SSSR count). The molecule has 1 heterocycles. The van der Waals surface area contributed by atoms with Gasteiger partial charge < -0.3 is 20.7 Å². The molecule has 0 spiro atoms. The summed E-state index contributed by atoms with van der Waals surface area (Å²) in [6, 6.07) is 16.5. The summed E-state index contributed by atoms with van der Waals surface area (Å²) in [5.41, 5.74) is 6.99. The molecule has 0 unspecified atom stereocenters. The van der Waals surface area contributed by atoms with Gasteiger partial charge in [0.1, 0.15) is 17.3 Å². The van der Waals surface area contributed by atoms with Crippen molar-refractivity contribution >= 4 is 23.5 Å². The number of likely N-dealkylation sites (N-methyl/N-ethyl adjacent to an activating group) is 1. The lowest BCUT2D eigenvalue weighted by atomic mass is 10.2. The summed E-state index contributed by atoms with van der Waals surface area (Å²) in [7, 11) is 1.55. The first-order chi connectivity index (χ1) is 14.8. The van der Waals surface area contributed by atoms with Gasteiger partial charge in [0.05, 0.1) is 6.54 Å². The number of aryl methyl sites for hydroxylation is 1. The Morgan fingerprint density at radius 3 is 2.10 bits per heavy atom. The summed E-state index contributed by atoms with van der Waals surface area (Å²) in [5.74, 6) is 0.341. The van der Waals surface area contributed by atoms with E-state index in [1.807, 2.05) is 13.0 Å². The molecule has 1 aromatic heterocycles. The van der Waals surface area contributed by atoms with Gasteiger partial charge in [0.25, 0.3) is 5.91 Å². The van der Waals surface area contributed by atoms with Crippen molar-refractivity contribution in [2.45, 2.75) is 6.92 Å². The normalized spacial score (nSPS) is 10.3. The highest BCUT2D eigenvalue weighted by molar-refractivity contribution is 5.99. The number of nitrogens with zero attached hydrogens (tertiary/aromatic N) is 2. The number of ether oxygens (including phenoxy) is 1. The zero-order valence-electron chi connectivity index (χ0n) is 17.2. The van der Waals surface area contributed by atoms with Crippen LogP contribution in [-0.2, 0) is 4.79 Å². The maximum absolute atomic E-state index is 12.6. The van der Waals surface area contributed by atoms with E-state index in [0.717, 1.165) is 5.56 Å². The number of primary amides is 1. The standard InChI is InChI=1S/C23H22N4O4/c1-15-11-12-25-20(13-15)26-21(28)14-27(2)23(30)17-5-9-19(10-6-17)31-18-7-3-16(4-8-18)22(24)29/h3-13H,14H2,1-2H3,(H2,24,29)(H,25,26,28). The van der Waals surface area contributed by atoms with Gasteiger partial charge >= 0.3 is 0 Å². The summed E-state index contributed by atoms with van der Waals surface area (Å²) >= 11 is 0. The van der Waals surface area contributed by atoms with Gasteiger partial charge in [-0.2, -0.15) is 0 Å². The molecule has 0 atom stereocenters. The van der Waals surface area contributed by atoms with E-state index in [1.165, 1.54) is 4.90 Å². The second-order valence-electron chi connectivity index (χ2n) is 6.94. The lowest BCUT2D eigenvalue weighted by Crippen LogP contribution is -2.35. The predicted octanol–water partition coefficient (Wildman–Crippen LogP) is 2.99. The Hall–Kier alpha value is -4.20. The Morgan fingerprint density at radius 1 is 0.968 bits per heavy atom. The van der Waals surface area contributed by atoms with Crippen LogP contribution in [0, 0.1) is 6.92 Å². The van der Waals surface area contributed by atoms with Crippen LogP contribution in [0.25, 0.3) is 0 Å². The quantitative estimate of drug-likeness (QED) is 0.612. The minimum Gasteiger partial charge on any atom is -0.457 e. The van der Waals surface area contributed by atoms with E-state index in [0.29, 0.717) is 28.4 Å². The van der Waals surface area contributed by atoms with Crippen LogP contribution in [-0.4, -0.2) is 41.2 Å². The van der Waals surface area contributed by atoms with Crippen LogP contribution in [0.1, 0.15) is 26.3 Å². The number of amides is 3. The molecule has 0 fully saturated rings. The number of nitrogens with one attached hydrogen (secondary N) is 1. The Bertz CT molecular complexity index is 1100. The van der Waals surface area contributed by atoms with Crippen molar-refractivity contribution in [1.82, 2.24) is 9.88 Å². The first-order valence-corrected chi connectivity index (χ1v) is 9.47. The van der Waals surface area contributed by atoms with Crippen LogP contribution in [0.5, 0.6) is 11.5 Å². The third-order valence-corrected chi connectivity index (χ3v) is 4.39. The van der Waals surface area contributed by atoms with Crippen LogP contribution < -0.4 is 15.8 Å². The fraction of sp³-hybridized carbons (Fsp3) is 0.130. The van der Waals surface area contributed by atoms with Crippen LogP contribution in [0.15, 0.2) is 66.9 Å². The Morgan fingerprint density at radius 2 is 1.55 bits per heavy atom. The Balaban J connectivity index is 1.57. The van der Waals surface area contributed by atoms with Gasteiger partial charge in [0.15, 0.2) is 0 Å². The third-order valence-electron chi connectivity index (χ3n) is 4.39. The van der Waals surface area contributed by atoms with Crippen molar-refractivity contribution in [3.8, 4) is 11.5 Å². The highest BCUT2D eigenvalue weighted by atomic mass is 16.5. The average Bonchev–Trinajstić information content (AvgIpc) is 2.74. The van der Waals surface area contributed by atoms with E-state index < -0.39 is 5.91 Å². The van der Waals surface area contributed by atoms with E-state index in [4.69, 9.17) is 10.5 Å². The van der Waals surface area contributed by atoms with Crippen LogP contribution in [0.4, 0.5) is 5.82 Å². The van der Waals surface area contributed by atoms with Crippen molar-refractivity contribution in [3.63, 3.8) is 0 Å². The van der Waals surface area contributed by atoms with E-state index in [-0.39, 0.29) is 18.4 Å². The summed E-state index contributed by atoms with van der Waals surface area (Å²) < 4.78 is 5.70. The van der Waals surface area contributed by atoms with Crippen molar-refractivity contribution in [3.05, 3.63) is 83.6 Å². The first kappa shape index (κ1) is 21.5. The molecule has 158 valence electrons.